The van der Waals surface area contributed by atoms with E-state index in [0.717, 1.165) is 24.2 Å². The topological polar surface area (TPSA) is 58.2 Å². The molecule has 0 spiro atoms. The minimum Gasteiger partial charge on any atom is -0.351 e. The molecule has 1 aliphatic heterocycles. The Balaban J connectivity index is 1.66. The van der Waals surface area contributed by atoms with E-state index >= 15 is 0 Å². The highest BCUT2D eigenvalue weighted by Gasteiger charge is 2.32. The number of rotatable bonds is 4. The summed E-state index contributed by atoms with van der Waals surface area (Å²) in [5.74, 6) is -0.0443. The monoisotopic (exact) mass is 286 g/mol. The Kier molecular flexibility index (Phi) is 3.70. The SMILES string of the molecule is CCC1(CNC(=O)c2ccc3c(c2)NC(=O)C3)CCCC1. The van der Waals surface area contributed by atoms with E-state index in [1.54, 1.807) is 6.07 Å². The van der Waals surface area contributed by atoms with Gasteiger partial charge in [-0.15, -0.1) is 0 Å². The number of nitrogens with one attached hydrogen (secondary N) is 2. The molecule has 0 aromatic heterocycles. The van der Waals surface area contributed by atoms with Gasteiger partial charge < -0.3 is 10.6 Å². The van der Waals surface area contributed by atoms with Crippen LogP contribution in [0.1, 0.15) is 54.9 Å². The summed E-state index contributed by atoms with van der Waals surface area (Å²) in [6.45, 7) is 2.97. The van der Waals surface area contributed by atoms with Gasteiger partial charge in [-0.25, -0.2) is 0 Å². The molecule has 0 saturated heterocycles. The molecule has 0 atom stereocenters. The lowest BCUT2D eigenvalue weighted by Gasteiger charge is -2.27. The van der Waals surface area contributed by atoms with E-state index in [0.29, 0.717) is 17.4 Å². The molecule has 1 heterocycles. The number of benzene rings is 1. The standard InChI is InChI=1S/C17H22N2O2/c1-2-17(7-3-4-8-17)11-18-16(21)13-6-5-12-10-15(20)19-14(12)9-13/h5-6,9H,2-4,7-8,10-11H2,1H3,(H,18,21)(H,19,20). The molecule has 3 rings (SSSR count). The Bertz CT molecular complexity index is 574. The maximum absolute atomic E-state index is 12.3. The van der Waals surface area contributed by atoms with E-state index in [9.17, 15) is 9.59 Å². The smallest absolute Gasteiger partial charge is 0.251 e. The van der Waals surface area contributed by atoms with Gasteiger partial charge >= 0.3 is 0 Å². The second-order valence-electron chi connectivity index (χ2n) is 6.34. The third kappa shape index (κ3) is 2.80. The molecule has 1 saturated carbocycles. The van der Waals surface area contributed by atoms with Crippen LogP contribution >= 0.6 is 0 Å². The normalized spacial score (nSPS) is 19.2. The lowest BCUT2D eigenvalue weighted by molar-refractivity contribution is -0.115. The van der Waals surface area contributed by atoms with Crippen LogP contribution in [-0.4, -0.2) is 18.4 Å². The number of anilines is 1. The molecule has 2 amide bonds. The number of carbonyl (C=O) groups excluding carboxylic acids is 2. The Morgan fingerprint density at radius 1 is 1.33 bits per heavy atom. The van der Waals surface area contributed by atoms with Crippen LogP contribution in [0.15, 0.2) is 18.2 Å². The highest BCUT2D eigenvalue weighted by atomic mass is 16.2. The fourth-order valence-corrected chi connectivity index (χ4v) is 3.51. The van der Waals surface area contributed by atoms with Crippen molar-refractivity contribution in [1.29, 1.82) is 0 Å². The molecule has 0 radical (unpaired) electrons. The molecule has 1 aromatic rings. The zero-order valence-electron chi connectivity index (χ0n) is 12.5. The van der Waals surface area contributed by atoms with Gasteiger partial charge in [0.25, 0.3) is 5.91 Å². The van der Waals surface area contributed by atoms with Crippen molar-refractivity contribution in [1.82, 2.24) is 5.32 Å². The van der Waals surface area contributed by atoms with E-state index in [1.807, 2.05) is 12.1 Å². The van der Waals surface area contributed by atoms with Crippen molar-refractivity contribution >= 4 is 17.5 Å². The van der Waals surface area contributed by atoms with Gasteiger partial charge in [0.2, 0.25) is 5.91 Å². The lowest BCUT2D eigenvalue weighted by Crippen LogP contribution is -2.35. The maximum Gasteiger partial charge on any atom is 0.251 e. The molecule has 1 fully saturated rings. The third-order valence-corrected chi connectivity index (χ3v) is 5.04. The summed E-state index contributed by atoms with van der Waals surface area (Å²) in [6.07, 6.45) is 6.50. The van der Waals surface area contributed by atoms with E-state index in [-0.39, 0.29) is 11.8 Å². The molecule has 4 heteroatoms. The van der Waals surface area contributed by atoms with E-state index in [2.05, 4.69) is 17.6 Å². The molecule has 1 aromatic carbocycles. The minimum absolute atomic E-state index is 0.00144. The fraction of sp³-hybridized carbons (Fsp3) is 0.529. The molecule has 2 aliphatic rings. The van der Waals surface area contributed by atoms with Crippen molar-refractivity contribution in [3.05, 3.63) is 29.3 Å². The first-order valence-electron chi connectivity index (χ1n) is 7.83. The Hall–Kier alpha value is -1.84. The predicted octanol–water partition coefficient (Wildman–Crippen LogP) is 2.88. The molecule has 0 bridgehead atoms. The van der Waals surface area contributed by atoms with E-state index in [4.69, 9.17) is 0 Å². The highest BCUT2D eigenvalue weighted by Crippen LogP contribution is 2.40. The summed E-state index contributed by atoms with van der Waals surface area (Å²) in [5, 5.41) is 5.87. The highest BCUT2D eigenvalue weighted by molar-refractivity contribution is 6.02. The number of hydrogen-bond donors (Lipinski definition) is 2. The van der Waals surface area contributed by atoms with Crippen LogP contribution < -0.4 is 10.6 Å². The molecule has 4 nitrogen and oxygen atoms in total. The number of carbonyl (C=O) groups is 2. The molecule has 2 N–H and O–H groups in total. The summed E-state index contributed by atoms with van der Waals surface area (Å²) in [7, 11) is 0. The maximum atomic E-state index is 12.3. The van der Waals surface area contributed by atoms with Gasteiger partial charge in [0.1, 0.15) is 0 Å². The van der Waals surface area contributed by atoms with Crippen LogP contribution in [0.2, 0.25) is 0 Å². The first-order valence-corrected chi connectivity index (χ1v) is 7.83. The van der Waals surface area contributed by atoms with E-state index in [1.165, 1.54) is 25.7 Å². The summed E-state index contributed by atoms with van der Waals surface area (Å²) in [4.78, 5) is 23.7. The van der Waals surface area contributed by atoms with Crippen LogP contribution in [0.25, 0.3) is 0 Å². The van der Waals surface area contributed by atoms with Gasteiger partial charge in [0.15, 0.2) is 0 Å². The van der Waals surface area contributed by atoms with Gasteiger partial charge in [-0.2, -0.15) is 0 Å². The number of fused-ring (bicyclic) bond motifs is 1. The van der Waals surface area contributed by atoms with Crippen molar-refractivity contribution in [3.63, 3.8) is 0 Å². The molecular weight excluding hydrogens is 264 g/mol. The van der Waals surface area contributed by atoms with Crippen molar-refractivity contribution < 1.29 is 9.59 Å². The summed E-state index contributed by atoms with van der Waals surface area (Å²) >= 11 is 0. The van der Waals surface area contributed by atoms with Crippen molar-refractivity contribution in [2.75, 3.05) is 11.9 Å². The van der Waals surface area contributed by atoms with Crippen molar-refractivity contribution in [2.45, 2.75) is 45.4 Å². The quantitative estimate of drug-likeness (QED) is 0.894. The van der Waals surface area contributed by atoms with Crippen molar-refractivity contribution in [2.24, 2.45) is 5.41 Å². The molecule has 21 heavy (non-hydrogen) atoms. The lowest BCUT2D eigenvalue weighted by atomic mass is 9.83. The van der Waals surface area contributed by atoms with Gasteiger partial charge in [-0.05, 0) is 42.4 Å². The van der Waals surface area contributed by atoms with Crippen LogP contribution in [0.3, 0.4) is 0 Å². The Labute approximate surface area is 125 Å². The molecule has 0 unspecified atom stereocenters. The average molecular weight is 286 g/mol. The summed E-state index contributed by atoms with van der Waals surface area (Å²) in [5.41, 5.74) is 2.66. The van der Waals surface area contributed by atoms with Crippen LogP contribution in [0.5, 0.6) is 0 Å². The summed E-state index contributed by atoms with van der Waals surface area (Å²) < 4.78 is 0. The van der Waals surface area contributed by atoms with Crippen LogP contribution in [0.4, 0.5) is 5.69 Å². The van der Waals surface area contributed by atoms with Crippen molar-refractivity contribution in [3.8, 4) is 0 Å². The number of hydrogen-bond acceptors (Lipinski definition) is 2. The first-order chi connectivity index (χ1) is 10.1. The Morgan fingerprint density at radius 2 is 2.10 bits per heavy atom. The van der Waals surface area contributed by atoms with Gasteiger partial charge in [0.05, 0.1) is 6.42 Å². The third-order valence-electron chi connectivity index (χ3n) is 5.04. The zero-order chi connectivity index (χ0) is 14.9. The van der Waals surface area contributed by atoms with Gasteiger partial charge in [0, 0.05) is 17.8 Å². The van der Waals surface area contributed by atoms with Gasteiger partial charge in [-0.3, -0.25) is 9.59 Å². The average Bonchev–Trinajstić information content (AvgIpc) is 3.09. The minimum atomic E-state index is -0.0429. The largest absolute Gasteiger partial charge is 0.351 e. The summed E-state index contributed by atoms with van der Waals surface area (Å²) in [6, 6.07) is 5.46. The Morgan fingerprint density at radius 3 is 2.81 bits per heavy atom. The molecule has 1 aliphatic carbocycles. The second kappa shape index (κ2) is 5.51. The predicted molar refractivity (Wildman–Crippen MR) is 82.3 cm³/mol. The molecular formula is C17H22N2O2. The zero-order valence-corrected chi connectivity index (χ0v) is 12.5. The van der Waals surface area contributed by atoms with Crippen LogP contribution in [0, 0.1) is 5.41 Å². The fourth-order valence-electron chi connectivity index (χ4n) is 3.51. The number of amides is 2. The van der Waals surface area contributed by atoms with Crippen LogP contribution in [-0.2, 0) is 11.2 Å². The molecule has 112 valence electrons. The van der Waals surface area contributed by atoms with E-state index < -0.39 is 0 Å². The van der Waals surface area contributed by atoms with Gasteiger partial charge in [-0.1, -0.05) is 25.8 Å². The first kappa shape index (κ1) is 14.1. The second-order valence-corrected chi connectivity index (χ2v) is 6.34.